The maximum absolute atomic E-state index is 12.5. The van der Waals surface area contributed by atoms with Crippen molar-refractivity contribution < 1.29 is 9.53 Å². The average Bonchev–Trinajstić information content (AvgIpc) is 2.93. The number of hydrogen-bond acceptors (Lipinski definition) is 4. The van der Waals surface area contributed by atoms with Crippen LogP contribution in [-0.2, 0) is 18.2 Å². The lowest BCUT2D eigenvalue weighted by atomic mass is 10.1. The van der Waals surface area contributed by atoms with Gasteiger partial charge >= 0.3 is 0 Å². The normalized spacial score (nSPS) is 22.5. The molecule has 0 radical (unpaired) electrons. The van der Waals surface area contributed by atoms with Crippen LogP contribution >= 0.6 is 0 Å². The Balaban J connectivity index is 2.04. The van der Waals surface area contributed by atoms with Gasteiger partial charge in [0.15, 0.2) is 0 Å². The van der Waals surface area contributed by atoms with Crippen LogP contribution in [0, 0.1) is 5.92 Å². The molecule has 0 aliphatic carbocycles. The lowest BCUT2D eigenvalue weighted by molar-refractivity contribution is 0.0511. The zero-order valence-electron chi connectivity index (χ0n) is 14.3. The number of ether oxygens (including phenoxy) is 1. The molecule has 6 nitrogen and oxygen atoms in total. The smallest absolute Gasteiger partial charge is 0.269 e. The van der Waals surface area contributed by atoms with Gasteiger partial charge in [0.2, 0.25) is 0 Å². The van der Waals surface area contributed by atoms with Crippen LogP contribution in [0.1, 0.15) is 37.0 Å². The predicted octanol–water partition coefficient (Wildman–Crippen LogP) is 1.07. The molecular weight excluding hydrogens is 280 g/mol. The van der Waals surface area contributed by atoms with Crippen LogP contribution < -0.4 is 5.32 Å². The quantitative estimate of drug-likeness (QED) is 0.854. The van der Waals surface area contributed by atoms with Gasteiger partial charge < -0.3 is 15.0 Å². The molecule has 1 amide bonds. The number of aryl methyl sites for hydroxylation is 1. The Kier molecular flexibility index (Phi) is 5.58. The van der Waals surface area contributed by atoms with E-state index in [9.17, 15) is 4.79 Å². The fourth-order valence-electron chi connectivity index (χ4n) is 2.98. The summed E-state index contributed by atoms with van der Waals surface area (Å²) in [5.41, 5.74) is 1.58. The molecule has 1 aromatic rings. The summed E-state index contributed by atoms with van der Waals surface area (Å²) in [5.74, 6) is 0.451. The van der Waals surface area contributed by atoms with Gasteiger partial charge in [0.05, 0.1) is 17.8 Å². The minimum atomic E-state index is -0.0741. The summed E-state index contributed by atoms with van der Waals surface area (Å²) in [5, 5.41) is 7.53. The van der Waals surface area contributed by atoms with E-state index in [0.29, 0.717) is 18.2 Å². The topological polar surface area (TPSA) is 59.4 Å². The molecule has 1 N–H and O–H groups in total. The third kappa shape index (κ3) is 4.08. The van der Waals surface area contributed by atoms with Gasteiger partial charge in [0, 0.05) is 26.7 Å². The average molecular weight is 308 g/mol. The molecule has 2 rings (SSSR count). The molecule has 1 aromatic heterocycles. The Morgan fingerprint density at radius 1 is 1.45 bits per heavy atom. The highest BCUT2D eigenvalue weighted by Crippen LogP contribution is 2.14. The number of carbonyl (C=O) groups is 1. The fourth-order valence-corrected chi connectivity index (χ4v) is 2.98. The van der Waals surface area contributed by atoms with Crippen LogP contribution in [0.4, 0.5) is 0 Å². The van der Waals surface area contributed by atoms with Crippen molar-refractivity contribution in [2.24, 2.45) is 13.0 Å². The van der Waals surface area contributed by atoms with Crippen LogP contribution in [0.5, 0.6) is 0 Å². The number of aromatic nitrogens is 2. The number of nitrogens with zero attached hydrogens (tertiary/aromatic N) is 3. The van der Waals surface area contributed by atoms with E-state index >= 15 is 0 Å². The van der Waals surface area contributed by atoms with E-state index in [1.165, 1.54) is 0 Å². The van der Waals surface area contributed by atoms with E-state index in [1.54, 1.807) is 4.68 Å². The molecular formula is C16H28N4O2. The SMILES string of the molecule is CCO[C@H]1CN(C)C[C@@H]1NC(=O)c1cc(CC(C)C)nn1C. The molecule has 6 heteroatoms. The van der Waals surface area contributed by atoms with E-state index in [2.05, 4.69) is 29.2 Å². The Morgan fingerprint density at radius 2 is 2.18 bits per heavy atom. The maximum atomic E-state index is 12.5. The van der Waals surface area contributed by atoms with Crippen molar-refractivity contribution in [2.75, 3.05) is 26.7 Å². The van der Waals surface area contributed by atoms with Crippen LogP contribution in [-0.4, -0.2) is 59.5 Å². The van der Waals surface area contributed by atoms with Gasteiger partial charge in [0.1, 0.15) is 5.69 Å². The van der Waals surface area contributed by atoms with E-state index in [0.717, 1.165) is 25.2 Å². The number of rotatable bonds is 6. The summed E-state index contributed by atoms with van der Waals surface area (Å²) in [6.45, 7) is 8.60. The van der Waals surface area contributed by atoms with Gasteiger partial charge in [0.25, 0.3) is 5.91 Å². The van der Waals surface area contributed by atoms with Gasteiger partial charge in [-0.05, 0) is 32.4 Å². The third-order valence-corrected chi connectivity index (χ3v) is 3.93. The van der Waals surface area contributed by atoms with Gasteiger partial charge in [-0.25, -0.2) is 0 Å². The highest BCUT2D eigenvalue weighted by atomic mass is 16.5. The molecule has 1 fully saturated rings. The number of hydrogen-bond donors (Lipinski definition) is 1. The monoisotopic (exact) mass is 308 g/mol. The first-order valence-corrected chi connectivity index (χ1v) is 8.04. The number of carbonyl (C=O) groups excluding carboxylic acids is 1. The molecule has 2 atom stereocenters. The summed E-state index contributed by atoms with van der Waals surface area (Å²) in [7, 11) is 3.86. The zero-order chi connectivity index (χ0) is 16.3. The largest absolute Gasteiger partial charge is 0.375 e. The van der Waals surface area contributed by atoms with Gasteiger partial charge in [-0.15, -0.1) is 0 Å². The van der Waals surface area contributed by atoms with Gasteiger partial charge in [-0.2, -0.15) is 5.10 Å². The van der Waals surface area contributed by atoms with Gasteiger partial charge in [-0.3, -0.25) is 9.48 Å². The second-order valence-electron chi connectivity index (χ2n) is 6.54. The predicted molar refractivity (Wildman–Crippen MR) is 85.9 cm³/mol. The highest BCUT2D eigenvalue weighted by Gasteiger charge is 2.33. The molecule has 124 valence electrons. The molecule has 0 spiro atoms. The third-order valence-electron chi connectivity index (χ3n) is 3.93. The molecule has 1 aliphatic heterocycles. The van der Waals surface area contributed by atoms with Crippen LogP contribution in [0.3, 0.4) is 0 Å². The first-order chi connectivity index (χ1) is 10.4. The second kappa shape index (κ2) is 7.24. The van der Waals surface area contributed by atoms with Crippen molar-refractivity contribution >= 4 is 5.91 Å². The minimum absolute atomic E-state index is 0.0286. The highest BCUT2D eigenvalue weighted by molar-refractivity contribution is 5.93. The Morgan fingerprint density at radius 3 is 2.82 bits per heavy atom. The Hall–Kier alpha value is -1.40. The molecule has 22 heavy (non-hydrogen) atoms. The fraction of sp³-hybridized carbons (Fsp3) is 0.750. The van der Waals surface area contributed by atoms with Crippen LogP contribution in [0.25, 0.3) is 0 Å². The number of likely N-dealkylation sites (tertiary alicyclic amines) is 1. The van der Waals surface area contributed by atoms with Crippen molar-refractivity contribution in [2.45, 2.75) is 39.3 Å². The number of likely N-dealkylation sites (N-methyl/N-ethyl adjacent to an activating group) is 1. The van der Waals surface area contributed by atoms with E-state index in [-0.39, 0.29) is 18.1 Å². The maximum Gasteiger partial charge on any atom is 0.269 e. The lowest BCUT2D eigenvalue weighted by Crippen LogP contribution is -2.44. The van der Waals surface area contributed by atoms with Crippen LogP contribution in [0.15, 0.2) is 6.07 Å². The van der Waals surface area contributed by atoms with Crippen molar-refractivity contribution in [3.8, 4) is 0 Å². The molecule has 1 saturated heterocycles. The molecule has 0 saturated carbocycles. The first kappa shape index (κ1) is 17.0. The minimum Gasteiger partial charge on any atom is -0.375 e. The summed E-state index contributed by atoms with van der Waals surface area (Å²) < 4.78 is 7.40. The van der Waals surface area contributed by atoms with E-state index in [1.807, 2.05) is 27.1 Å². The molecule has 0 unspecified atom stereocenters. The molecule has 2 heterocycles. The number of amides is 1. The van der Waals surface area contributed by atoms with Crippen molar-refractivity contribution in [3.63, 3.8) is 0 Å². The Bertz CT molecular complexity index is 512. The summed E-state index contributed by atoms with van der Waals surface area (Å²) in [4.78, 5) is 14.7. The first-order valence-electron chi connectivity index (χ1n) is 8.04. The van der Waals surface area contributed by atoms with Crippen LogP contribution in [0.2, 0.25) is 0 Å². The van der Waals surface area contributed by atoms with Crippen molar-refractivity contribution in [1.82, 2.24) is 20.0 Å². The lowest BCUT2D eigenvalue weighted by Gasteiger charge is -2.19. The zero-order valence-corrected chi connectivity index (χ0v) is 14.3. The van der Waals surface area contributed by atoms with E-state index in [4.69, 9.17) is 4.74 Å². The standard InChI is InChI=1S/C16H28N4O2/c1-6-22-15-10-19(4)9-13(15)17-16(21)14-8-12(7-11(2)3)18-20(14)5/h8,11,13,15H,6-7,9-10H2,1-5H3,(H,17,21)/t13-,15-/m0/s1. The molecule has 0 aromatic carbocycles. The Labute approximate surface area is 132 Å². The number of nitrogens with one attached hydrogen (secondary N) is 1. The van der Waals surface area contributed by atoms with Crippen molar-refractivity contribution in [3.05, 3.63) is 17.5 Å². The second-order valence-corrected chi connectivity index (χ2v) is 6.54. The summed E-state index contributed by atoms with van der Waals surface area (Å²) in [6.07, 6.45) is 0.941. The summed E-state index contributed by atoms with van der Waals surface area (Å²) >= 11 is 0. The summed E-state index contributed by atoms with van der Waals surface area (Å²) in [6, 6.07) is 1.92. The molecule has 0 bridgehead atoms. The molecule has 1 aliphatic rings. The van der Waals surface area contributed by atoms with Crippen molar-refractivity contribution in [1.29, 1.82) is 0 Å². The van der Waals surface area contributed by atoms with E-state index < -0.39 is 0 Å². The van der Waals surface area contributed by atoms with Gasteiger partial charge in [-0.1, -0.05) is 13.8 Å².